The Morgan fingerprint density at radius 2 is 2.16 bits per heavy atom. The molecule has 1 aromatic rings. The Bertz CT molecular complexity index is 506. The van der Waals surface area contributed by atoms with Crippen LogP contribution in [0.25, 0.3) is 0 Å². The van der Waals surface area contributed by atoms with Crippen LogP contribution in [0.1, 0.15) is 24.2 Å². The number of amidine groups is 1. The Labute approximate surface area is 118 Å². The van der Waals surface area contributed by atoms with Crippen LogP contribution in [-0.4, -0.2) is 23.0 Å². The van der Waals surface area contributed by atoms with Gasteiger partial charge in [0.05, 0.1) is 10.5 Å². The second-order valence-electron chi connectivity index (χ2n) is 4.35. The zero-order valence-corrected chi connectivity index (χ0v) is 12.1. The van der Waals surface area contributed by atoms with Crippen LogP contribution in [0.4, 0.5) is 4.39 Å². The third-order valence-electron chi connectivity index (χ3n) is 2.57. The van der Waals surface area contributed by atoms with Gasteiger partial charge < -0.3 is 16.3 Å². The van der Waals surface area contributed by atoms with E-state index in [2.05, 4.69) is 26.4 Å². The lowest BCUT2D eigenvalue weighted by Gasteiger charge is -2.20. The van der Waals surface area contributed by atoms with Gasteiger partial charge in [0.2, 0.25) is 0 Å². The topological polar surface area (TPSA) is 87.7 Å². The molecule has 1 rings (SSSR count). The molecule has 0 aliphatic heterocycles. The van der Waals surface area contributed by atoms with Gasteiger partial charge in [0.1, 0.15) is 5.82 Å². The van der Waals surface area contributed by atoms with E-state index in [1.165, 1.54) is 12.1 Å². The van der Waals surface area contributed by atoms with E-state index in [0.717, 1.165) is 6.07 Å². The van der Waals surface area contributed by atoms with Gasteiger partial charge in [-0.1, -0.05) is 19.0 Å². The third kappa shape index (κ3) is 3.92. The molecule has 0 saturated carbocycles. The van der Waals surface area contributed by atoms with Gasteiger partial charge in [-0.3, -0.25) is 4.79 Å². The fraction of sp³-hybridized carbons (Fsp3) is 0.333. The van der Waals surface area contributed by atoms with E-state index in [1.807, 2.05) is 13.8 Å². The Hall–Kier alpha value is -1.63. The Morgan fingerprint density at radius 1 is 1.53 bits per heavy atom. The van der Waals surface area contributed by atoms with Crippen molar-refractivity contribution in [2.24, 2.45) is 16.8 Å². The summed E-state index contributed by atoms with van der Waals surface area (Å²) in [5.74, 6) is -1.18. The average Bonchev–Trinajstić information content (AvgIpc) is 2.37. The molecule has 0 bridgehead atoms. The molecular formula is C12H15BrFN3O2. The lowest BCUT2D eigenvalue weighted by Crippen LogP contribution is -2.47. The number of hydrogen-bond acceptors (Lipinski definition) is 3. The number of nitrogens with zero attached hydrogens (tertiary/aromatic N) is 1. The number of hydrogen-bond donors (Lipinski definition) is 3. The van der Waals surface area contributed by atoms with Crippen molar-refractivity contribution in [2.45, 2.75) is 19.9 Å². The molecule has 0 aliphatic carbocycles. The van der Waals surface area contributed by atoms with Crippen molar-refractivity contribution in [1.82, 2.24) is 5.32 Å². The highest BCUT2D eigenvalue weighted by atomic mass is 79.9. The van der Waals surface area contributed by atoms with Crippen molar-refractivity contribution in [2.75, 3.05) is 0 Å². The van der Waals surface area contributed by atoms with Gasteiger partial charge in [0.15, 0.2) is 5.84 Å². The van der Waals surface area contributed by atoms with Gasteiger partial charge in [-0.2, -0.15) is 0 Å². The van der Waals surface area contributed by atoms with Crippen molar-refractivity contribution in [3.05, 3.63) is 34.1 Å². The van der Waals surface area contributed by atoms with Gasteiger partial charge in [0, 0.05) is 5.56 Å². The second kappa shape index (κ2) is 6.51. The summed E-state index contributed by atoms with van der Waals surface area (Å²) in [6.45, 7) is 3.62. The summed E-state index contributed by atoms with van der Waals surface area (Å²) < 4.78 is 13.6. The molecule has 1 amide bonds. The number of oxime groups is 1. The molecule has 4 N–H and O–H groups in total. The molecule has 1 aromatic carbocycles. The zero-order chi connectivity index (χ0) is 14.6. The summed E-state index contributed by atoms with van der Waals surface area (Å²) >= 11 is 3.01. The molecule has 5 nitrogen and oxygen atoms in total. The first kappa shape index (κ1) is 15.4. The van der Waals surface area contributed by atoms with E-state index < -0.39 is 17.8 Å². The summed E-state index contributed by atoms with van der Waals surface area (Å²) in [5.41, 5.74) is 5.67. The monoisotopic (exact) mass is 331 g/mol. The predicted octanol–water partition coefficient (Wildman–Crippen LogP) is 2.09. The molecule has 0 saturated heterocycles. The van der Waals surface area contributed by atoms with Crippen LogP contribution in [0.5, 0.6) is 0 Å². The third-order valence-corrected chi connectivity index (χ3v) is 3.21. The van der Waals surface area contributed by atoms with Crippen molar-refractivity contribution in [1.29, 1.82) is 0 Å². The Balaban J connectivity index is 2.91. The number of nitrogens with two attached hydrogens (primary N) is 1. The fourth-order valence-electron chi connectivity index (χ4n) is 1.51. The number of carbonyl (C=O) groups excluding carboxylic acids is 1. The molecule has 7 heteroatoms. The maximum Gasteiger partial charge on any atom is 0.251 e. The number of rotatable bonds is 4. The summed E-state index contributed by atoms with van der Waals surface area (Å²) in [6.07, 6.45) is 0. The average molecular weight is 332 g/mol. The van der Waals surface area contributed by atoms with Gasteiger partial charge in [0.25, 0.3) is 5.91 Å². The summed E-state index contributed by atoms with van der Waals surface area (Å²) in [4.78, 5) is 12.0. The van der Waals surface area contributed by atoms with E-state index in [9.17, 15) is 9.18 Å². The van der Waals surface area contributed by atoms with E-state index in [0.29, 0.717) is 0 Å². The van der Waals surface area contributed by atoms with Crippen LogP contribution in [-0.2, 0) is 0 Å². The van der Waals surface area contributed by atoms with Crippen LogP contribution in [0.15, 0.2) is 27.8 Å². The Kier molecular flexibility index (Phi) is 5.29. The fourth-order valence-corrected chi connectivity index (χ4v) is 1.75. The molecule has 0 aromatic heterocycles. The number of nitrogens with one attached hydrogen (secondary N) is 1. The predicted molar refractivity (Wildman–Crippen MR) is 73.6 cm³/mol. The molecule has 0 fully saturated rings. The molecular weight excluding hydrogens is 317 g/mol. The normalized spacial score (nSPS) is 13.4. The highest BCUT2D eigenvalue weighted by Crippen LogP contribution is 2.16. The standard InChI is InChI=1S/C12H15BrFN3O2/c1-6(2)10(11(15)17-19)16-12(18)7-3-4-8(13)9(14)5-7/h3-6,10,19H,1-2H3,(H2,15,17)(H,16,18). The van der Waals surface area contributed by atoms with Crippen LogP contribution >= 0.6 is 15.9 Å². The minimum absolute atomic E-state index is 0.0693. The lowest BCUT2D eigenvalue weighted by atomic mass is 10.0. The maximum absolute atomic E-state index is 13.3. The largest absolute Gasteiger partial charge is 0.409 e. The van der Waals surface area contributed by atoms with Crippen LogP contribution in [0.3, 0.4) is 0 Å². The molecule has 0 aliphatic rings. The number of amides is 1. The van der Waals surface area contributed by atoms with Gasteiger partial charge in [-0.15, -0.1) is 0 Å². The highest BCUT2D eigenvalue weighted by Gasteiger charge is 2.21. The maximum atomic E-state index is 13.3. The molecule has 0 radical (unpaired) electrons. The van der Waals surface area contributed by atoms with Gasteiger partial charge >= 0.3 is 0 Å². The summed E-state index contributed by atoms with van der Waals surface area (Å²) in [6, 6.07) is 3.41. The van der Waals surface area contributed by atoms with Crippen molar-refractivity contribution < 1.29 is 14.4 Å². The zero-order valence-electron chi connectivity index (χ0n) is 10.5. The SMILES string of the molecule is CC(C)C(NC(=O)c1ccc(Br)c(F)c1)C(N)=NO. The van der Waals surface area contributed by atoms with Crippen molar-refractivity contribution >= 4 is 27.7 Å². The first-order chi connectivity index (χ1) is 8.86. The molecule has 0 heterocycles. The molecule has 1 unspecified atom stereocenters. The minimum Gasteiger partial charge on any atom is -0.409 e. The Morgan fingerprint density at radius 3 is 2.63 bits per heavy atom. The first-order valence-electron chi connectivity index (χ1n) is 5.60. The lowest BCUT2D eigenvalue weighted by molar-refractivity contribution is 0.0938. The van der Waals surface area contributed by atoms with Crippen LogP contribution in [0, 0.1) is 11.7 Å². The molecule has 0 spiro atoms. The summed E-state index contributed by atoms with van der Waals surface area (Å²) in [7, 11) is 0. The van der Waals surface area contributed by atoms with Crippen LogP contribution in [0.2, 0.25) is 0 Å². The molecule has 19 heavy (non-hydrogen) atoms. The van der Waals surface area contributed by atoms with Gasteiger partial charge in [-0.05, 0) is 40.0 Å². The quantitative estimate of drug-likeness (QED) is 0.341. The van der Waals surface area contributed by atoms with Crippen molar-refractivity contribution in [3.63, 3.8) is 0 Å². The summed E-state index contributed by atoms with van der Waals surface area (Å²) in [5, 5.41) is 14.1. The number of halogens is 2. The highest BCUT2D eigenvalue weighted by molar-refractivity contribution is 9.10. The smallest absolute Gasteiger partial charge is 0.251 e. The first-order valence-corrected chi connectivity index (χ1v) is 6.39. The van der Waals surface area contributed by atoms with E-state index >= 15 is 0 Å². The van der Waals surface area contributed by atoms with E-state index in [-0.39, 0.29) is 21.8 Å². The van der Waals surface area contributed by atoms with E-state index in [4.69, 9.17) is 10.9 Å². The number of benzene rings is 1. The van der Waals surface area contributed by atoms with E-state index in [1.54, 1.807) is 0 Å². The second-order valence-corrected chi connectivity index (χ2v) is 5.20. The van der Waals surface area contributed by atoms with Crippen LogP contribution < -0.4 is 11.1 Å². The molecule has 104 valence electrons. The van der Waals surface area contributed by atoms with Crippen molar-refractivity contribution in [3.8, 4) is 0 Å². The van der Waals surface area contributed by atoms with Gasteiger partial charge in [-0.25, -0.2) is 4.39 Å². The molecule has 1 atom stereocenters. The number of carbonyl (C=O) groups is 1. The minimum atomic E-state index is -0.621.